The zero-order valence-electron chi connectivity index (χ0n) is 11.7. The number of thioether (sulfide) groups is 1. The molecule has 0 saturated heterocycles. The number of amides is 1. The highest BCUT2D eigenvalue weighted by Gasteiger charge is 2.24. The van der Waals surface area contributed by atoms with Gasteiger partial charge in [-0.05, 0) is 31.4 Å². The van der Waals surface area contributed by atoms with E-state index in [-0.39, 0.29) is 6.09 Å². The molecule has 1 aliphatic rings. The van der Waals surface area contributed by atoms with E-state index in [0.717, 1.165) is 11.9 Å². The summed E-state index contributed by atoms with van der Waals surface area (Å²) in [4.78, 5) is 18.4. The van der Waals surface area contributed by atoms with Gasteiger partial charge in [-0.1, -0.05) is 0 Å². The minimum atomic E-state index is -0.214. The third kappa shape index (κ3) is 2.26. The van der Waals surface area contributed by atoms with E-state index in [1.54, 1.807) is 16.7 Å². The Kier molecular flexibility index (Phi) is 3.61. The fourth-order valence-electron chi connectivity index (χ4n) is 2.69. The fraction of sp³-hybridized carbons (Fsp3) is 0.400. The van der Waals surface area contributed by atoms with Gasteiger partial charge in [-0.3, -0.25) is 0 Å². The number of rotatable bonds is 2. The summed E-state index contributed by atoms with van der Waals surface area (Å²) in [6, 6.07) is 6.44. The average Bonchev–Trinajstić information content (AvgIpc) is 2.84. The van der Waals surface area contributed by atoms with E-state index in [1.165, 1.54) is 21.5 Å². The molecule has 0 unspecified atom stereocenters. The van der Waals surface area contributed by atoms with Crippen molar-refractivity contribution in [2.75, 3.05) is 19.4 Å². The smallest absolute Gasteiger partial charge is 0.410 e. The van der Waals surface area contributed by atoms with E-state index in [0.29, 0.717) is 19.7 Å². The Morgan fingerprint density at radius 2 is 2.35 bits per heavy atom. The lowest BCUT2D eigenvalue weighted by atomic mass is 10.1. The standard InChI is InChI=1S/C15H18N2O2S/c1-3-19-15(18)17-7-6-14-12(9-17)11-8-10(20-2)4-5-13(11)16-14/h4-5,8,16H,3,6-7,9H2,1-2H3. The van der Waals surface area contributed by atoms with Gasteiger partial charge in [0.15, 0.2) is 0 Å². The number of H-pyrrole nitrogens is 1. The second-order valence-electron chi connectivity index (χ2n) is 4.86. The summed E-state index contributed by atoms with van der Waals surface area (Å²) < 4.78 is 5.10. The zero-order valence-corrected chi connectivity index (χ0v) is 12.5. The lowest BCUT2D eigenvalue weighted by molar-refractivity contribution is 0.103. The Bertz CT molecular complexity index is 651. The van der Waals surface area contributed by atoms with Gasteiger partial charge >= 0.3 is 6.09 Å². The number of hydrogen-bond donors (Lipinski definition) is 1. The molecular formula is C15H18N2O2S. The predicted octanol–water partition coefficient (Wildman–Crippen LogP) is 3.40. The van der Waals surface area contributed by atoms with Crippen molar-refractivity contribution in [1.82, 2.24) is 9.88 Å². The summed E-state index contributed by atoms with van der Waals surface area (Å²) in [5.74, 6) is 0. The number of carbonyl (C=O) groups is 1. The van der Waals surface area contributed by atoms with Crippen LogP contribution in [0, 0.1) is 0 Å². The van der Waals surface area contributed by atoms with Crippen LogP contribution in [0.3, 0.4) is 0 Å². The number of carbonyl (C=O) groups excluding carboxylic acids is 1. The molecule has 0 aliphatic carbocycles. The van der Waals surface area contributed by atoms with Crippen LogP contribution in [0.25, 0.3) is 10.9 Å². The summed E-state index contributed by atoms with van der Waals surface area (Å²) in [5, 5.41) is 1.22. The molecule has 2 heterocycles. The molecule has 1 amide bonds. The monoisotopic (exact) mass is 290 g/mol. The lowest BCUT2D eigenvalue weighted by Crippen LogP contribution is -2.36. The molecule has 0 atom stereocenters. The van der Waals surface area contributed by atoms with E-state index in [1.807, 2.05) is 6.92 Å². The largest absolute Gasteiger partial charge is 0.450 e. The number of nitrogens with one attached hydrogen (secondary N) is 1. The maximum Gasteiger partial charge on any atom is 0.410 e. The average molecular weight is 290 g/mol. The SMILES string of the molecule is CCOC(=O)N1CCc2[nH]c3ccc(SC)cc3c2C1. The molecule has 1 aliphatic heterocycles. The van der Waals surface area contributed by atoms with Crippen molar-refractivity contribution in [3.8, 4) is 0 Å². The van der Waals surface area contributed by atoms with Crippen molar-refractivity contribution >= 4 is 28.8 Å². The van der Waals surface area contributed by atoms with Gasteiger partial charge in [0.1, 0.15) is 0 Å². The lowest BCUT2D eigenvalue weighted by Gasteiger charge is -2.26. The number of fused-ring (bicyclic) bond motifs is 3. The summed E-state index contributed by atoms with van der Waals surface area (Å²) in [7, 11) is 0. The third-order valence-corrected chi connectivity index (χ3v) is 4.43. The van der Waals surface area contributed by atoms with Crippen LogP contribution in [0.1, 0.15) is 18.2 Å². The number of hydrogen-bond acceptors (Lipinski definition) is 3. The first kappa shape index (κ1) is 13.4. The van der Waals surface area contributed by atoms with Gasteiger partial charge in [-0.2, -0.15) is 0 Å². The highest BCUT2D eigenvalue weighted by atomic mass is 32.2. The Balaban J connectivity index is 1.96. The maximum absolute atomic E-state index is 11.9. The summed E-state index contributed by atoms with van der Waals surface area (Å²) >= 11 is 1.73. The minimum Gasteiger partial charge on any atom is -0.450 e. The molecule has 20 heavy (non-hydrogen) atoms. The van der Waals surface area contributed by atoms with Crippen molar-refractivity contribution in [1.29, 1.82) is 0 Å². The van der Waals surface area contributed by atoms with Crippen molar-refractivity contribution in [3.05, 3.63) is 29.5 Å². The van der Waals surface area contributed by atoms with Gasteiger partial charge in [0, 0.05) is 40.0 Å². The van der Waals surface area contributed by atoms with Crippen LogP contribution >= 0.6 is 11.8 Å². The van der Waals surface area contributed by atoms with Crippen LogP contribution in [0.15, 0.2) is 23.1 Å². The van der Waals surface area contributed by atoms with Crippen LogP contribution in [0.4, 0.5) is 4.79 Å². The van der Waals surface area contributed by atoms with Crippen LogP contribution in [0.2, 0.25) is 0 Å². The normalized spacial score (nSPS) is 14.4. The molecule has 106 valence electrons. The topological polar surface area (TPSA) is 45.3 Å². The molecule has 5 heteroatoms. The van der Waals surface area contributed by atoms with Gasteiger partial charge in [0.05, 0.1) is 13.2 Å². The molecular weight excluding hydrogens is 272 g/mol. The first-order valence-corrected chi connectivity index (χ1v) is 8.04. The summed E-state index contributed by atoms with van der Waals surface area (Å²) in [6.45, 7) is 3.61. The minimum absolute atomic E-state index is 0.214. The second-order valence-corrected chi connectivity index (χ2v) is 5.74. The molecule has 3 rings (SSSR count). The fourth-order valence-corrected chi connectivity index (χ4v) is 3.13. The van der Waals surface area contributed by atoms with E-state index >= 15 is 0 Å². The number of aromatic nitrogens is 1. The first-order valence-electron chi connectivity index (χ1n) is 6.82. The van der Waals surface area contributed by atoms with Gasteiger partial charge in [-0.25, -0.2) is 4.79 Å². The number of benzene rings is 1. The van der Waals surface area contributed by atoms with Crippen LogP contribution in [-0.4, -0.2) is 35.4 Å². The van der Waals surface area contributed by atoms with Gasteiger partial charge < -0.3 is 14.6 Å². The van der Waals surface area contributed by atoms with E-state index in [9.17, 15) is 4.79 Å². The number of aromatic amines is 1. The molecule has 0 radical (unpaired) electrons. The van der Waals surface area contributed by atoms with E-state index < -0.39 is 0 Å². The van der Waals surface area contributed by atoms with Crippen LogP contribution in [0.5, 0.6) is 0 Å². The highest BCUT2D eigenvalue weighted by Crippen LogP contribution is 2.30. The highest BCUT2D eigenvalue weighted by molar-refractivity contribution is 7.98. The van der Waals surface area contributed by atoms with Crippen LogP contribution < -0.4 is 0 Å². The van der Waals surface area contributed by atoms with Crippen molar-refractivity contribution in [3.63, 3.8) is 0 Å². The molecule has 2 aromatic rings. The molecule has 0 fully saturated rings. The quantitative estimate of drug-likeness (QED) is 0.862. The first-order chi connectivity index (χ1) is 9.72. The van der Waals surface area contributed by atoms with Gasteiger partial charge in [0.25, 0.3) is 0 Å². The Hall–Kier alpha value is -1.62. The van der Waals surface area contributed by atoms with Gasteiger partial charge in [0.2, 0.25) is 0 Å². The van der Waals surface area contributed by atoms with Crippen molar-refractivity contribution in [2.24, 2.45) is 0 Å². The van der Waals surface area contributed by atoms with E-state index in [4.69, 9.17) is 4.74 Å². The van der Waals surface area contributed by atoms with Crippen molar-refractivity contribution in [2.45, 2.75) is 24.8 Å². The third-order valence-electron chi connectivity index (χ3n) is 3.71. The molecule has 1 aromatic carbocycles. The molecule has 0 saturated carbocycles. The van der Waals surface area contributed by atoms with Crippen molar-refractivity contribution < 1.29 is 9.53 Å². The molecule has 1 N–H and O–H groups in total. The second kappa shape index (κ2) is 5.40. The maximum atomic E-state index is 11.9. The van der Waals surface area contributed by atoms with Gasteiger partial charge in [-0.15, -0.1) is 11.8 Å². The zero-order chi connectivity index (χ0) is 14.1. The summed E-state index contributed by atoms with van der Waals surface area (Å²) in [5.41, 5.74) is 3.63. The Labute approximate surface area is 122 Å². The molecule has 0 bridgehead atoms. The Morgan fingerprint density at radius 3 is 3.10 bits per heavy atom. The Morgan fingerprint density at radius 1 is 1.50 bits per heavy atom. The molecule has 0 spiro atoms. The number of ether oxygens (including phenoxy) is 1. The summed E-state index contributed by atoms with van der Waals surface area (Å²) in [6.07, 6.45) is 2.72. The number of nitrogens with zero attached hydrogens (tertiary/aromatic N) is 1. The predicted molar refractivity (Wildman–Crippen MR) is 81.2 cm³/mol. The van der Waals surface area contributed by atoms with E-state index in [2.05, 4.69) is 29.4 Å². The molecule has 1 aromatic heterocycles. The molecule has 4 nitrogen and oxygen atoms in total. The van der Waals surface area contributed by atoms with Crippen LogP contribution in [-0.2, 0) is 17.7 Å².